The Morgan fingerprint density at radius 2 is 1.96 bits per heavy atom. The van der Waals surface area contributed by atoms with Crippen LogP contribution in [0.4, 0.5) is 5.69 Å². The van der Waals surface area contributed by atoms with Gasteiger partial charge in [-0.2, -0.15) is 0 Å². The number of aryl methyl sites for hydroxylation is 1. The van der Waals surface area contributed by atoms with Gasteiger partial charge in [-0.25, -0.2) is 4.79 Å². The standard InChI is InChI=1S/C17H16ClNO4/c1-23-15-5-3-2-4-11(15)7-9-16(20)19-14-10-12(17(21)22)6-8-13(14)18/h2-6,8,10H,7,9H2,1H3,(H,19,20)(H,21,22). The number of amides is 1. The maximum absolute atomic E-state index is 12.1. The zero-order valence-corrected chi connectivity index (χ0v) is 13.3. The molecule has 1 amide bonds. The van der Waals surface area contributed by atoms with E-state index in [2.05, 4.69) is 5.32 Å². The summed E-state index contributed by atoms with van der Waals surface area (Å²) in [7, 11) is 1.58. The number of carbonyl (C=O) groups excluding carboxylic acids is 1. The van der Waals surface area contributed by atoms with Crippen molar-refractivity contribution in [2.24, 2.45) is 0 Å². The molecule has 6 heteroatoms. The average molecular weight is 334 g/mol. The van der Waals surface area contributed by atoms with E-state index in [9.17, 15) is 9.59 Å². The molecule has 2 aromatic rings. The highest BCUT2D eigenvalue weighted by Crippen LogP contribution is 2.24. The Bertz CT molecular complexity index is 730. The number of hydrogen-bond donors (Lipinski definition) is 2. The van der Waals surface area contributed by atoms with Gasteiger partial charge in [0.15, 0.2) is 0 Å². The van der Waals surface area contributed by atoms with Crippen molar-refractivity contribution in [3.05, 3.63) is 58.6 Å². The van der Waals surface area contributed by atoms with Crippen molar-refractivity contribution in [2.45, 2.75) is 12.8 Å². The molecule has 0 radical (unpaired) electrons. The zero-order valence-electron chi connectivity index (χ0n) is 12.5. The predicted molar refractivity (Wildman–Crippen MR) is 88.4 cm³/mol. The molecule has 0 unspecified atom stereocenters. The highest BCUT2D eigenvalue weighted by molar-refractivity contribution is 6.33. The van der Waals surface area contributed by atoms with Gasteiger partial charge >= 0.3 is 5.97 Å². The molecule has 0 aromatic heterocycles. The van der Waals surface area contributed by atoms with Crippen molar-refractivity contribution in [1.29, 1.82) is 0 Å². The molecule has 0 aliphatic carbocycles. The van der Waals surface area contributed by atoms with Gasteiger partial charge in [0.1, 0.15) is 5.75 Å². The number of benzene rings is 2. The van der Waals surface area contributed by atoms with E-state index in [-0.39, 0.29) is 23.6 Å². The number of methoxy groups -OCH3 is 1. The number of carboxylic acid groups (broad SMARTS) is 1. The second kappa shape index (κ2) is 7.65. The summed E-state index contributed by atoms with van der Waals surface area (Å²) in [6.07, 6.45) is 0.736. The van der Waals surface area contributed by atoms with Gasteiger partial charge in [0.2, 0.25) is 5.91 Å². The highest BCUT2D eigenvalue weighted by Gasteiger charge is 2.11. The topological polar surface area (TPSA) is 75.6 Å². The normalized spacial score (nSPS) is 10.2. The zero-order chi connectivity index (χ0) is 16.8. The molecule has 0 spiro atoms. The Hall–Kier alpha value is -2.53. The molecule has 0 saturated heterocycles. The lowest BCUT2D eigenvalue weighted by molar-refractivity contribution is -0.116. The van der Waals surface area contributed by atoms with Crippen molar-refractivity contribution in [1.82, 2.24) is 0 Å². The summed E-state index contributed by atoms with van der Waals surface area (Å²) in [4.78, 5) is 23.0. The highest BCUT2D eigenvalue weighted by atomic mass is 35.5. The van der Waals surface area contributed by atoms with E-state index in [0.29, 0.717) is 11.4 Å². The third-order valence-electron chi connectivity index (χ3n) is 3.30. The molecule has 0 heterocycles. The largest absolute Gasteiger partial charge is 0.496 e. The van der Waals surface area contributed by atoms with E-state index in [4.69, 9.17) is 21.4 Å². The molecule has 120 valence electrons. The Morgan fingerprint density at radius 1 is 1.22 bits per heavy atom. The number of para-hydroxylation sites is 1. The molecule has 23 heavy (non-hydrogen) atoms. The number of carboxylic acids is 1. The smallest absolute Gasteiger partial charge is 0.335 e. The lowest BCUT2D eigenvalue weighted by atomic mass is 10.1. The number of anilines is 1. The molecule has 2 N–H and O–H groups in total. The summed E-state index contributed by atoms with van der Waals surface area (Å²) >= 11 is 5.98. The molecular weight excluding hydrogens is 318 g/mol. The van der Waals surface area contributed by atoms with Crippen molar-refractivity contribution in [3.8, 4) is 5.75 Å². The number of nitrogens with one attached hydrogen (secondary N) is 1. The summed E-state index contributed by atoms with van der Waals surface area (Å²) in [6, 6.07) is 11.6. The van der Waals surface area contributed by atoms with E-state index in [0.717, 1.165) is 11.3 Å². The van der Waals surface area contributed by atoms with Gasteiger partial charge in [-0.1, -0.05) is 29.8 Å². The molecular formula is C17H16ClNO4. The first-order valence-electron chi connectivity index (χ1n) is 6.96. The van der Waals surface area contributed by atoms with Gasteiger partial charge in [-0.3, -0.25) is 4.79 Å². The van der Waals surface area contributed by atoms with Gasteiger partial charge in [0.25, 0.3) is 0 Å². The Balaban J connectivity index is 2.02. The van der Waals surface area contributed by atoms with E-state index >= 15 is 0 Å². The molecule has 0 fully saturated rings. The third-order valence-corrected chi connectivity index (χ3v) is 3.63. The molecule has 0 atom stereocenters. The second-order valence-corrected chi connectivity index (χ2v) is 5.27. The fourth-order valence-electron chi connectivity index (χ4n) is 2.12. The van der Waals surface area contributed by atoms with E-state index in [1.165, 1.54) is 18.2 Å². The van der Waals surface area contributed by atoms with Crippen LogP contribution in [0.3, 0.4) is 0 Å². The van der Waals surface area contributed by atoms with Crippen molar-refractivity contribution < 1.29 is 19.4 Å². The monoisotopic (exact) mass is 333 g/mol. The van der Waals surface area contributed by atoms with Crippen LogP contribution in [0.25, 0.3) is 0 Å². The summed E-state index contributed by atoms with van der Waals surface area (Å²) in [5.74, 6) is -0.599. The quantitative estimate of drug-likeness (QED) is 0.846. The van der Waals surface area contributed by atoms with E-state index in [1.54, 1.807) is 7.11 Å². The van der Waals surface area contributed by atoms with Gasteiger partial charge in [0.05, 0.1) is 23.4 Å². The summed E-state index contributed by atoms with van der Waals surface area (Å²) in [6.45, 7) is 0. The number of hydrogen-bond acceptors (Lipinski definition) is 3. The van der Waals surface area contributed by atoms with Crippen LogP contribution in [0.15, 0.2) is 42.5 Å². The minimum atomic E-state index is -1.08. The number of aromatic carboxylic acids is 1. The summed E-state index contributed by atoms with van der Waals surface area (Å²) in [5, 5.41) is 11.9. The van der Waals surface area contributed by atoms with Crippen molar-refractivity contribution >= 4 is 29.2 Å². The van der Waals surface area contributed by atoms with Crippen LogP contribution in [-0.4, -0.2) is 24.1 Å². The fraction of sp³-hybridized carbons (Fsp3) is 0.176. The molecule has 0 aliphatic rings. The minimum absolute atomic E-state index is 0.0643. The number of halogens is 1. The Kier molecular flexibility index (Phi) is 5.60. The molecule has 2 rings (SSSR count). The summed E-state index contributed by atoms with van der Waals surface area (Å²) in [5.41, 5.74) is 1.28. The Labute approximate surface area is 138 Å². The van der Waals surface area contributed by atoms with Crippen LogP contribution in [-0.2, 0) is 11.2 Å². The minimum Gasteiger partial charge on any atom is -0.496 e. The van der Waals surface area contributed by atoms with Crippen LogP contribution in [0, 0.1) is 0 Å². The van der Waals surface area contributed by atoms with E-state index < -0.39 is 5.97 Å². The Morgan fingerprint density at radius 3 is 2.65 bits per heavy atom. The van der Waals surface area contributed by atoms with Crippen LogP contribution in [0.5, 0.6) is 5.75 Å². The fourth-order valence-corrected chi connectivity index (χ4v) is 2.29. The van der Waals surface area contributed by atoms with Gasteiger partial charge in [-0.05, 0) is 36.2 Å². The third kappa shape index (κ3) is 4.47. The van der Waals surface area contributed by atoms with E-state index in [1.807, 2.05) is 24.3 Å². The number of ether oxygens (including phenoxy) is 1. The maximum atomic E-state index is 12.1. The molecule has 2 aromatic carbocycles. The first kappa shape index (κ1) is 16.8. The van der Waals surface area contributed by atoms with Gasteiger partial charge in [0, 0.05) is 6.42 Å². The van der Waals surface area contributed by atoms with Crippen LogP contribution < -0.4 is 10.1 Å². The maximum Gasteiger partial charge on any atom is 0.335 e. The second-order valence-electron chi connectivity index (χ2n) is 4.86. The van der Waals surface area contributed by atoms with Crippen LogP contribution in [0.1, 0.15) is 22.3 Å². The van der Waals surface area contributed by atoms with Crippen molar-refractivity contribution in [3.63, 3.8) is 0 Å². The van der Waals surface area contributed by atoms with Crippen LogP contribution in [0.2, 0.25) is 5.02 Å². The van der Waals surface area contributed by atoms with Crippen LogP contribution >= 0.6 is 11.6 Å². The van der Waals surface area contributed by atoms with Crippen molar-refractivity contribution in [2.75, 3.05) is 12.4 Å². The average Bonchev–Trinajstić information content (AvgIpc) is 2.55. The predicted octanol–water partition coefficient (Wildman–Crippen LogP) is 3.62. The SMILES string of the molecule is COc1ccccc1CCC(=O)Nc1cc(C(=O)O)ccc1Cl. The lowest BCUT2D eigenvalue weighted by Gasteiger charge is -2.10. The van der Waals surface area contributed by atoms with Gasteiger partial charge in [-0.15, -0.1) is 0 Å². The molecule has 0 aliphatic heterocycles. The number of carbonyl (C=O) groups is 2. The molecule has 5 nitrogen and oxygen atoms in total. The first-order chi connectivity index (χ1) is 11.0. The molecule has 0 saturated carbocycles. The molecule has 0 bridgehead atoms. The first-order valence-corrected chi connectivity index (χ1v) is 7.33. The van der Waals surface area contributed by atoms with Gasteiger partial charge < -0.3 is 15.2 Å². The summed E-state index contributed by atoms with van der Waals surface area (Å²) < 4.78 is 5.24. The lowest BCUT2D eigenvalue weighted by Crippen LogP contribution is -2.13. The number of rotatable bonds is 6.